The average molecular weight is 269 g/mol. The highest BCUT2D eigenvalue weighted by atomic mass is 19.1. The average Bonchev–Trinajstić information content (AvgIpc) is 2.79. The maximum atomic E-state index is 13.2. The number of hydrogen-bond donors (Lipinski definition) is 1. The minimum Gasteiger partial charge on any atom is -0.459 e. The van der Waals surface area contributed by atoms with Gasteiger partial charge in [-0.3, -0.25) is 0 Å². The van der Waals surface area contributed by atoms with Gasteiger partial charge in [0.2, 0.25) is 0 Å². The molecule has 0 amide bonds. The lowest BCUT2D eigenvalue weighted by Crippen LogP contribution is -2.11. The zero-order valence-corrected chi connectivity index (χ0v) is 11.5. The molecule has 1 unspecified atom stereocenters. The second-order valence-electron chi connectivity index (χ2n) is 5.23. The number of nitrogens with two attached hydrogens (primary N) is 1. The van der Waals surface area contributed by atoms with E-state index in [1.54, 1.807) is 12.1 Å². The van der Waals surface area contributed by atoms with Crippen LogP contribution in [0.5, 0.6) is 0 Å². The summed E-state index contributed by atoms with van der Waals surface area (Å²) in [6, 6.07) is 12.1. The van der Waals surface area contributed by atoms with Crippen molar-refractivity contribution in [3.8, 4) is 0 Å². The van der Waals surface area contributed by atoms with E-state index >= 15 is 0 Å². The third-order valence-corrected chi connectivity index (χ3v) is 3.41. The van der Waals surface area contributed by atoms with E-state index in [1.165, 1.54) is 12.1 Å². The first-order valence-electron chi connectivity index (χ1n) is 6.56. The van der Waals surface area contributed by atoms with E-state index in [1.807, 2.05) is 26.0 Å². The Hall–Kier alpha value is -2.13. The minimum atomic E-state index is -0.343. The molecule has 2 N–H and O–H groups in total. The molecule has 2 aromatic carbocycles. The van der Waals surface area contributed by atoms with E-state index in [-0.39, 0.29) is 11.9 Å². The molecular weight excluding hydrogens is 253 g/mol. The molecule has 0 bridgehead atoms. The Kier molecular flexibility index (Phi) is 3.07. The van der Waals surface area contributed by atoms with Crippen LogP contribution in [-0.4, -0.2) is 0 Å². The fourth-order valence-electron chi connectivity index (χ4n) is 2.54. The maximum absolute atomic E-state index is 13.2. The van der Waals surface area contributed by atoms with Crippen LogP contribution < -0.4 is 5.73 Å². The van der Waals surface area contributed by atoms with Gasteiger partial charge < -0.3 is 10.2 Å². The first-order chi connectivity index (χ1) is 9.52. The van der Waals surface area contributed by atoms with Crippen molar-refractivity contribution in [2.75, 3.05) is 0 Å². The summed E-state index contributed by atoms with van der Waals surface area (Å²) < 4.78 is 18.9. The molecule has 2 nitrogen and oxygen atoms in total. The van der Waals surface area contributed by atoms with E-state index in [0.717, 1.165) is 22.1 Å². The zero-order valence-electron chi connectivity index (χ0n) is 11.5. The van der Waals surface area contributed by atoms with Gasteiger partial charge in [-0.15, -0.1) is 0 Å². The van der Waals surface area contributed by atoms with Crippen LogP contribution in [0.4, 0.5) is 4.39 Å². The van der Waals surface area contributed by atoms with Crippen molar-refractivity contribution >= 4 is 11.0 Å². The van der Waals surface area contributed by atoms with Gasteiger partial charge in [0.15, 0.2) is 0 Å². The minimum absolute atomic E-state index is 0.273. The van der Waals surface area contributed by atoms with Crippen molar-refractivity contribution in [3.05, 3.63) is 70.7 Å². The molecule has 3 heteroatoms. The number of hydrogen-bond acceptors (Lipinski definition) is 2. The number of fused-ring (bicyclic) bond motifs is 1. The molecule has 0 spiro atoms. The molecule has 0 fully saturated rings. The Balaban J connectivity index is 2.05. The lowest BCUT2D eigenvalue weighted by molar-refractivity contribution is 0.524. The highest BCUT2D eigenvalue weighted by molar-refractivity contribution is 5.78. The largest absolute Gasteiger partial charge is 0.459 e. The molecule has 0 saturated carbocycles. The Morgan fingerprint density at radius 3 is 2.40 bits per heavy atom. The standard InChI is InChI=1S/C17H16FNO/c1-10-5-11(2)7-13(6-10)17(19)16-9-12-8-14(18)3-4-15(12)20-16/h3-9,17H,19H2,1-2H3. The Bertz CT molecular complexity index is 756. The second kappa shape index (κ2) is 4.76. The number of halogens is 1. The van der Waals surface area contributed by atoms with Crippen LogP contribution in [0.1, 0.15) is 28.5 Å². The molecule has 1 aromatic heterocycles. The molecule has 3 rings (SSSR count). The van der Waals surface area contributed by atoms with Gasteiger partial charge >= 0.3 is 0 Å². The number of aryl methyl sites for hydroxylation is 2. The summed E-state index contributed by atoms with van der Waals surface area (Å²) in [6.45, 7) is 4.08. The van der Waals surface area contributed by atoms with Crippen molar-refractivity contribution < 1.29 is 8.81 Å². The Morgan fingerprint density at radius 1 is 1.00 bits per heavy atom. The van der Waals surface area contributed by atoms with Crippen LogP contribution >= 0.6 is 0 Å². The first-order valence-corrected chi connectivity index (χ1v) is 6.56. The van der Waals surface area contributed by atoms with Gasteiger partial charge in [0.1, 0.15) is 17.2 Å². The predicted octanol–water partition coefficient (Wildman–Crippen LogP) is 4.24. The fraction of sp³-hybridized carbons (Fsp3) is 0.176. The van der Waals surface area contributed by atoms with Crippen LogP contribution in [0.3, 0.4) is 0 Å². The molecule has 0 saturated heterocycles. The van der Waals surface area contributed by atoms with E-state index in [9.17, 15) is 4.39 Å². The van der Waals surface area contributed by atoms with Crippen LogP contribution in [0.2, 0.25) is 0 Å². The van der Waals surface area contributed by atoms with Crippen LogP contribution in [0.15, 0.2) is 46.9 Å². The van der Waals surface area contributed by atoms with Gasteiger partial charge in [-0.25, -0.2) is 4.39 Å². The van der Waals surface area contributed by atoms with Crippen LogP contribution in [0, 0.1) is 19.7 Å². The van der Waals surface area contributed by atoms with Crippen molar-refractivity contribution in [2.24, 2.45) is 5.73 Å². The molecule has 0 aliphatic carbocycles. The molecule has 3 aromatic rings. The number of furan rings is 1. The lowest BCUT2D eigenvalue weighted by Gasteiger charge is -2.11. The summed E-state index contributed by atoms with van der Waals surface area (Å²) in [5.41, 5.74) is 10.3. The van der Waals surface area contributed by atoms with Crippen molar-refractivity contribution in [3.63, 3.8) is 0 Å². The van der Waals surface area contributed by atoms with E-state index in [2.05, 4.69) is 6.07 Å². The summed E-state index contributed by atoms with van der Waals surface area (Å²) in [5.74, 6) is 0.375. The SMILES string of the molecule is Cc1cc(C)cc(C(N)c2cc3cc(F)ccc3o2)c1. The molecule has 102 valence electrons. The zero-order chi connectivity index (χ0) is 14.3. The molecule has 0 radical (unpaired) electrons. The highest BCUT2D eigenvalue weighted by Gasteiger charge is 2.15. The molecule has 20 heavy (non-hydrogen) atoms. The van der Waals surface area contributed by atoms with Crippen molar-refractivity contribution in [2.45, 2.75) is 19.9 Å². The molecule has 0 aliphatic heterocycles. The Morgan fingerprint density at radius 2 is 1.70 bits per heavy atom. The van der Waals surface area contributed by atoms with Crippen LogP contribution in [-0.2, 0) is 0 Å². The summed E-state index contributed by atoms with van der Waals surface area (Å²) in [6.07, 6.45) is 0. The van der Waals surface area contributed by atoms with Gasteiger partial charge in [0.05, 0.1) is 6.04 Å². The summed E-state index contributed by atoms with van der Waals surface area (Å²) in [4.78, 5) is 0. The molecule has 1 heterocycles. The first kappa shape index (κ1) is 12.9. The van der Waals surface area contributed by atoms with E-state index < -0.39 is 0 Å². The summed E-state index contributed by atoms with van der Waals surface area (Å²) in [5, 5.41) is 0.736. The summed E-state index contributed by atoms with van der Waals surface area (Å²) in [7, 11) is 0. The maximum Gasteiger partial charge on any atom is 0.134 e. The third kappa shape index (κ3) is 2.32. The van der Waals surface area contributed by atoms with E-state index in [4.69, 9.17) is 10.2 Å². The topological polar surface area (TPSA) is 39.2 Å². The van der Waals surface area contributed by atoms with Crippen molar-refractivity contribution in [1.29, 1.82) is 0 Å². The predicted molar refractivity (Wildman–Crippen MR) is 78.1 cm³/mol. The third-order valence-electron chi connectivity index (χ3n) is 3.41. The molecule has 0 aliphatic rings. The fourth-order valence-corrected chi connectivity index (χ4v) is 2.54. The van der Waals surface area contributed by atoms with Gasteiger partial charge in [0, 0.05) is 5.39 Å². The monoisotopic (exact) mass is 269 g/mol. The lowest BCUT2D eigenvalue weighted by atomic mass is 10.0. The highest BCUT2D eigenvalue weighted by Crippen LogP contribution is 2.28. The smallest absolute Gasteiger partial charge is 0.134 e. The summed E-state index contributed by atoms with van der Waals surface area (Å²) >= 11 is 0. The quantitative estimate of drug-likeness (QED) is 0.756. The number of benzene rings is 2. The van der Waals surface area contributed by atoms with Gasteiger partial charge in [-0.2, -0.15) is 0 Å². The number of rotatable bonds is 2. The normalized spacial score (nSPS) is 12.8. The van der Waals surface area contributed by atoms with Crippen molar-refractivity contribution in [1.82, 2.24) is 0 Å². The second-order valence-corrected chi connectivity index (χ2v) is 5.23. The van der Waals surface area contributed by atoms with Gasteiger partial charge in [0.25, 0.3) is 0 Å². The Labute approximate surface area is 117 Å². The van der Waals surface area contributed by atoms with Gasteiger partial charge in [-0.1, -0.05) is 29.3 Å². The van der Waals surface area contributed by atoms with Crippen LogP contribution in [0.25, 0.3) is 11.0 Å². The molecular formula is C17H16FNO. The molecule has 1 atom stereocenters. The van der Waals surface area contributed by atoms with E-state index in [0.29, 0.717) is 11.3 Å². The van der Waals surface area contributed by atoms with Gasteiger partial charge in [-0.05, 0) is 43.7 Å².